The van der Waals surface area contributed by atoms with Gasteiger partial charge in [-0.2, -0.15) is 0 Å². The number of fused-ring (bicyclic) bond motifs is 4. The number of methoxy groups -OCH3 is 1. The average Bonchev–Trinajstić information content (AvgIpc) is 3.51. The van der Waals surface area contributed by atoms with Crippen LogP contribution in [0.3, 0.4) is 0 Å². The van der Waals surface area contributed by atoms with Gasteiger partial charge in [0.1, 0.15) is 11.5 Å². The molecule has 0 saturated carbocycles. The number of morpholine rings is 1. The Labute approximate surface area is 291 Å². The smallest absolute Gasteiger partial charge is 0.259 e. The van der Waals surface area contributed by atoms with Crippen LogP contribution in [0.15, 0.2) is 65.6 Å². The van der Waals surface area contributed by atoms with Crippen molar-refractivity contribution in [3.63, 3.8) is 0 Å². The van der Waals surface area contributed by atoms with Gasteiger partial charge in [0.2, 0.25) is 12.3 Å². The summed E-state index contributed by atoms with van der Waals surface area (Å²) in [7, 11) is 1.71. The quantitative estimate of drug-likeness (QED) is 0.202. The van der Waals surface area contributed by atoms with Gasteiger partial charge in [-0.3, -0.25) is 18.8 Å². The number of likely N-dealkylation sites (tertiary alicyclic amines) is 1. The van der Waals surface area contributed by atoms with Crippen LogP contribution in [0, 0.1) is 5.92 Å². The standard InChI is InChI=1S/C31H29N5O4S.C5H12O.C2H6/c37-19-34-10-2-4-20(18-34)31(39)32-21-8-9-26-25(16-21)23-6-1-5-22(29(23)41-26)24-7-3-11-36-28(38)17-27(33-30(24)36)35-12-14-40-15-13-35;1-5(2,3)6-4;1-2/h1,3,5-9,11,16-17,19-20H,2,4,10,12-15,18H2,(H,32,39);1-4H3;1-2H3. The summed E-state index contributed by atoms with van der Waals surface area (Å²) in [5.74, 6) is 0.406. The van der Waals surface area contributed by atoms with Crippen molar-refractivity contribution < 1.29 is 19.1 Å². The average molecular weight is 686 g/mol. The Hall–Kier alpha value is -4.32. The highest BCUT2D eigenvalue weighted by Gasteiger charge is 2.25. The van der Waals surface area contributed by atoms with Crippen LogP contribution in [0.4, 0.5) is 11.5 Å². The second-order valence-electron chi connectivity index (χ2n) is 12.9. The lowest BCUT2D eigenvalue weighted by Gasteiger charge is -2.28. The molecular formula is C38H47N5O5S. The van der Waals surface area contributed by atoms with Crippen LogP contribution < -0.4 is 15.8 Å². The van der Waals surface area contributed by atoms with E-state index in [2.05, 4.69) is 22.3 Å². The number of nitrogens with zero attached hydrogens (tertiary/aromatic N) is 4. The second-order valence-corrected chi connectivity index (χ2v) is 14.0. The lowest BCUT2D eigenvalue weighted by atomic mass is 9.97. The number of hydrogen-bond donors (Lipinski definition) is 1. The third kappa shape index (κ3) is 8.29. The fourth-order valence-corrected chi connectivity index (χ4v) is 7.14. The highest BCUT2D eigenvalue weighted by Crippen LogP contribution is 2.41. The maximum absolute atomic E-state index is 13.1. The number of ether oxygens (including phenoxy) is 2. The first-order valence-corrected chi connectivity index (χ1v) is 17.8. The Morgan fingerprint density at radius 3 is 2.47 bits per heavy atom. The summed E-state index contributed by atoms with van der Waals surface area (Å²) in [6.07, 6.45) is 4.19. The fraction of sp³-hybridized carbons (Fsp3) is 0.421. The topological polar surface area (TPSA) is 105 Å². The Morgan fingerprint density at radius 2 is 1.76 bits per heavy atom. The number of aromatic nitrogens is 2. The van der Waals surface area contributed by atoms with Crippen LogP contribution >= 0.6 is 11.3 Å². The predicted octanol–water partition coefficient (Wildman–Crippen LogP) is 6.83. The molecule has 0 aliphatic carbocycles. The Morgan fingerprint density at radius 1 is 1.02 bits per heavy atom. The first kappa shape index (κ1) is 36.0. The first-order valence-electron chi connectivity index (χ1n) is 17.0. The van der Waals surface area contributed by atoms with Crippen LogP contribution in [-0.4, -0.2) is 78.7 Å². The fourth-order valence-electron chi connectivity index (χ4n) is 5.93. The number of hydrogen-bond acceptors (Lipinski definition) is 8. The molecule has 3 aromatic heterocycles. The van der Waals surface area contributed by atoms with E-state index in [9.17, 15) is 14.4 Å². The van der Waals surface area contributed by atoms with E-state index in [1.54, 1.807) is 40.0 Å². The molecule has 5 aromatic rings. The SMILES string of the molecule is CC.COC(C)(C)C.O=CN1CCCC(C(=O)Nc2ccc3sc4c(-c5cccn6c(=O)cc(N7CCOCC7)nc56)cccc4c3c2)C1. The number of pyridine rings is 1. The summed E-state index contributed by atoms with van der Waals surface area (Å²) in [5, 5.41) is 5.22. The summed E-state index contributed by atoms with van der Waals surface area (Å²) in [6.45, 7) is 13.9. The van der Waals surface area contributed by atoms with E-state index in [1.807, 2.05) is 71.0 Å². The maximum atomic E-state index is 13.1. The molecule has 2 aliphatic heterocycles. The molecule has 2 fully saturated rings. The molecule has 2 saturated heterocycles. The maximum Gasteiger partial charge on any atom is 0.259 e. The normalized spacial score (nSPS) is 16.5. The zero-order valence-electron chi connectivity index (χ0n) is 29.3. The van der Waals surface area contributed by atoms with Crippen molar-refractivity contribution in [1.29, 1.82) is 0 Å². The van der Waals surface area contributed by atoms with Gasteiger partial charge in [0, 0.05) is 82.5 Å². The van der Waals surface area contributed by atoms with Crippen LogP contribution in [0.2, 0.25) is 0 Å². The van der Waals surface area contributed by atoms with E-state index in [1.165, 1.54) is 0 Å². The number of amides is 2. The van der Waals surface area contributed by atoms with Crippen molar-refractivity contribution in [2.75, 3.05) is 56.7 Å². The zero-order valence-corrected chi connectivity index (χ0v) is 30.1. The minimum atomic E-state index is -0.208. The molecule has 260 valence electrons. The van der Waals surface area contributed by atoms with E-state index < -0.39 is 0 Å². The van der Waals surface area contributed by atoms with Crippen molar-refractivity contribution in [3.8, 4) is 11.1 Å². The number of rotatable bonds is 5. The van der Waals surface area contributed by atoms with Crippen molar-refractivity contribution in [3.05, 3.63) is 71.1 Å². The van der Waals surface area contributed by atoms with Crippen LogP contribution in [0.1, 0.15) is 47.5 Å². The molecule has 49 heavy (non-hydrogen) atoms. The van der Waals surface area contributed by atoms with E-state index in [-0.39, 0.29) is 23.0 Å². The molecule has 7 rings (SSSR count). The summed E-state index contributed by atoms with van der Waals surface area (Å²) in [5.41, 5.74) is 3.19. The van der Waals surface area contributed by atoms with Gasteiger partial charge in [-0.05, 0) is 63.9 Å². The second kappa shape index (κ2) is 15.9. The number of thiophene rings is 1. The monoisotopic (exact) mass is 685 g/mol. The molecule has 10 nitrogen and oxygen atoms in total. The Balaban J connectivity index is 0.000000531. The molecule has 1 unspecified atom stereocenters. The van der Waals surface area contributed by atoms with E-state index in [0.717, 1.165) is 56.2 Å². The largest absolute Gasteiger partial charge is 0.379 e. The number of piperidine rings is 1. The Kier molecular flexibility index (Phi) is 11.7. The summed E-state index contributed by atoms with van der Waals surface area (Å²) in [6, 6.07) is 17.7. The lowest BCUT2D eigenvalue weighted by molar-refractivity contribution is -0.125. The molecule has 2 aliphatic rings. The molecule has 0 bridgehead atoms. The number of benzene rings is 2. The summed E-state index contributed by atoms with van der Waals surface area (Å²) < 4.78 is 14.2. The van der Waals surface area contributed by atoms with E-state index in [4.69, 9.17) is 14.5 Å². The van der Waals surface area contributed by atoms with Crippen LogP contribution in [0.25, 0.3) is 36.9 Å². The van der Waals surface area contributed by atoms with Gasteiger partial charge >= 0.3 is 0 Å². The third-order valence-electron chi connectivity index (χ3n) is 8.65. The number of carbonyl (C=O) groups excluding carboxylic acids is 2. The molecule has 0 radical (unpaired) electrons. The van der Waals surface area contributed by atoms with Crippen molar-refractivity contribution >= 4 is 61.0 Å². The molecule has 5 heterocycles. The minimum absolute atomic E-state index is 0.0417. The van der Waals surface area contributed by atoms with Gasteiger partial charge in [0.05, 0.1) is 24.7 Å². The summed E-state index contributed by atoms with van der Waals surface area (Å²) in [4.78, 5) is 46.1. The Bertz CT molecular complexity index is 1980. The zero-order chi connectivity index (χ0) is 35.1. The van der Waals surface area contributed by atoms with E-state index in [0.29, 0.717) is 50.9 Å². The lowest BCUT2D eigenvalue weighted by Crippen LogP contribution is -2.39. The van der Waals surface area contributed by atoms with Gasteiger partial charge in [-0.25, -0.2) is 4.98 Å². The van der Waals surface area contributed by atoms with Gasteiger partial charge in [-0.15, -0.1) is 11.3 Å². The molecular weight excluding hydrogens is 639 g/mol. The van der Waals surface area contributed by atoms with Crippen molar-refractivity contribution in [1.82, 2.24) is 14.3 Å². The highest BCUT2D eigenvalue weighted by molar-refractivity contribution is 7.26. The van der Waals surface area contributed by atoms with Crippen molar-refractivity contribution in [2.45, 2.75) is 53.1 Å². The van der Waals surface area contributed by atoms with Gasteiger partial charge in [0.15, 0.2) is 0 Å². The predicted molar refractivity (Wildman–Crippen MR) is 200 cm³/mol. The third-order valence-corrected chi connectivity index (χ3v) is 9.87. The molecule has 11 heteroatoms. The minimum Gasteiger partial charge on any atom is -0.379 e. The molecule has 1 atom stereocenters. The molecule has 1 N–H and O–H groups in total. The van der Waals surface area contributed by atoms with Crippen LogP contribution in [0.5, 0.6) is 0 Å². The molecule has 0 spiro atoms. The highest BCUT2D eigenvalue weighted by atomic mass is 32.1. The van der Waals surface area contributed by atoms with E-state index >= 15 is 0 Å². The number of carbonyl (C=O) groups is 2. The van der Waals surface area contributed by atoms with Gasteiger partial charge in [0.25, 0.3) is 5.56 Å². The summed E-state index contributed by atoms with van der Waals surface area (Å²) >= 11 is 1.69. The van der Waals surface area contributed by atoms with Crippen molar-refractivity contribution in [2.24, 2.45) is 5.92 Å². The number of anilines is 2. The van der Waals surface area contributed by atoms with Crippen LogP contribution in [-0.2, 0) is 19.1 Å². The van der Waals surface area contributed by atoms with Gasteiger partial charge in [-0.1, -0.05) is 32.0 Å². The molecule has 2 amide bonds. The number of nitrogens with one attached hydrogen (secondary N) is 1. The molecule has 2 aromatic carbocycles. The van der Waals surface area contributed by atoms with Gasteiger partial charge < -0.3 is 24.6 Å². The first-order chi connectivity index (χ1) is 23.6.